The molecule has 0 aliphatic carbocycles. The fraction of sp³-hybridized carbons (Fsp3) is 0.167. The van der Waals surface area contributed by atoms with Crippen molar-refractivity contribution in [2.75, 3.05) is 20.8 Å². The summed E-state index contributed by atoms with van der Waals surface area (Å²) >= 11 is 0. The van der Waals surface area contributed by atoms with E-state index in [0.29, 0.717) is 28.4 Å². The summed E-state index contributed by atoms with van der Waals surface area (Å²) in [5.41, 5.74) is 1.55. The molecule has 0 aliphatic rings. The minimum absolute atomic E-state index is 0.0515. The Bertz CT molecular complexity index is 1240. The molecular weight excluding hydrogens is 474 g/mol. The minimum atomic E-state index is -0.946. The van der Waals surface area contributed by atoms with Gasteiger partial charge in [-0.2, -0.15) is 5.11 Å². The summed E-state index contributed by atoms with van der Waals surface area (Å²) in [6.45, 7) is -0.282. The Labute approximate surface area is 205 Å². The lowest BCUT2D eigenvalue weighted by atomic mass is 10.2. The molecule has 186 valence electrons. The van der Waals surface area contributed by atoms with Crippen molar-refractivity contribution in [1.82, 2.24) is 0 Å². The Morgan fingerprint density at radius 2 is 1.61 bits per heavy atom. The minimum Gasteiger partial charge on any atom is -0.494 e. The second kappa shape index (κ2) is 12.5. The van der Waals surface area contributed by atoms with Gasteiger partial charge in [-0.05, 0) is 42.0 Å². The highest BCUT2D eigenvalue weighted by atomic mass is 16.7. The first kappa shape index (κ1) is 25.6. The van der Waals surface area contributed by atoms with Crippen LogP contribution in [0.2, 0.25) is 0 Å². The number of carbonyl (C=O) groups excluding carboxylic acids is 2. The Kier molecular flexibility index (Phi) is 8.87. The molecule has 0 aliphatic heterocycles. The van der Waals surface area contributed by atoms with Gasteiger partial charge >= 0.3 is 12.1 Å². The number of ether oxygens (including phenoxy) is 5. The Morgan fingerprint density at radius 1 is 0.917 bits per heavy atom. The van der Waals surface area contributed by atoms with Gasteiger partial charge in [-0.1, -0.05) is 12.1 Å². The average Bonchev–Trinajstić information content (AvgIpc) is 2.90. The third-order valence-corrected chi connectivity index (χ3v) is 4.55. The summed E-state index contributed by atoms with van der Waals surface area (Å²) < 4.78 is 25.2. The van der Waals surface area contributed by atoms with E-state index in [1.54, 1.807) is 42.5 Å². The first-order valence-electron chi connectivity index (χ1n) is 10.4. The number of nitrogens with zero attached hydrogens (tertiary/aromatic N) is 3. The van der Waals surface area contributed by atoms with Gasteiger partial charge in [-0.25, -0.2) is 9.59 Å². The Balaban J connectivity index is 1.53. The van der Waals surface area contributed by atoms with Gasteiger partial charge in [0.05, 0.1) is 24.8 Å². The van der Waals surface area contributed by atoms with Crippen molar-refractivity contribution in [3.63, 3.8) is 0 Å². The molecule has 3 aromatic carbocycles. The summed E-state index contributed by atoms with van der Waals surface area (Å²) in [5, 5.41) is 19.0. The summed E-state index contributed by atoms with van der Waals surface area (Å²) in [4.78, 5) is 33.2. The highest BCUT2D eigenvalue weighted by Crippen LogP contribution is 2.33. The standard InChI is InChI=1S/C24H21N3O9/c1-32-22-13-20(34-15-23(28)33-2)11-12-21(22)26-25-17-5-3-16(4-6-17)14-35-24(29)36-19-9-7-18(8-10-19)27(30)31/h3-13H,14-15H2,1-2H3. The molecule has 12 heteroatoms. The van der Waals surface area contributed by atoms with E-state index < -0.39 is 17.0 Å². The van der Waals surface area contributed by atoms with Crippen LogP contribution in [0.15, 0.2) is 77.0 Å². The van der Waals surface area contributed by atoms with Crippen molar-refractivity contribution < 1.29 is 38.2 Å². The molecule has 0 aromatic heterocycles. The van der Waals surface area contributed by atoms with Crippen molar-refractivity contribution >= 4 is 29.2 Å². The van der Waals surface area contributed by atoms with Gasteiger partial charge in [0.25, 0.3) is 5.69 Å². The number of nitro benzene ring substituents is 1. The van der Waals surface area contributed by atoms with Crippen LogP contribution < -0.4 is 14.2 Å². The second-order valence-electron chi connectivity index (χ2n) is 6.96. The highest BCUT2D eigenvalue weighted by molar-refractivity contribution is 5.71. The van der Waals surface area contributed by atoms with Crippen LogP contribution in [0.1, 0.15) is 5.56 Å². The van der Waals surface area contributed by atoms with Crippen molar-refractivity contribution in [2.24, 2.45) is 10.2 Å². The predicted molar refractivity (Wildman–Crippen MR) is 125 cm³/mol. The van der Waals surface area contributed by atoms with Crippen LogP contribution in [0.25, 0.3) is 0 Å². The maximum absolute atomic E-state index is 11.8. The first-order valence-corrected chi connectivity index (χ1v) is 10.4. The molecule has 0 bridgehead atoms. The number of hydrogen-bond acceptors (Lipinski definition) is 11. The molecular formula is C24H21N3O9. The normalized spacial score (nSPS) is 10.5. The number of azo groups is 1. The molecule has 0 unspecified atom stereocenters. The lowest BCUT2D eigenvalue weighted by Crippen LogP contribution is -2.12. The fourth-order valence-electron chi connectivity index (χ4n) is 2.71. The van der Waals surface area contributed by atoms with Gasteiger partial charge in [-0.3, -0.25) is 10.1 Å². The molecule has 0 heterocycles. The molecule has 3 aromatic rings. The molecule has 0 fully saturated rings. The van der Waals surface area contributed by atoms with Gasteiger partial charge < -0.3 is 23.7 Å². The largest absolute Gasteiger partial charge is 0.514 e. The van der Waals surface area contributed by atoms with Crippen LogP contribution in [-0.4, -0.2) is 37.9 Å². The van der Waals surface area contributed by atoms with Gasteiger partial charge in [0.1, 0.15) is 29.5 Å². The van der Waals surface area contributed by atoms with Crippen LogP contribution in [-0.2, 0) is 20.9 Å². The fourth-order valence-corrected chi connectivity index (χ4v) is 2.71. The number of hydrogen-bond donors (Lipinski definition) is 0. The molecule has 0 amide bonds. The number of esters is 1. The second-order valence-corrected chi connectivity index (χ2v) is 6.96. The molecule has 0 saturated heterocycles. The van der Waals surface area contributed by atoms with E-state index in [2.05, 4.69) is 15.0 Å². The van der Waals surface area contributed by atoms with E-state index in [4.69, 9.17) is 18.9 Å². The van der Waals surface area contributed by atoms with E-state index in [1.165, 1.54) is 38.5 Å². The SMILES string of the molecule is COC(=O)COc1ccc(N=Nc2ccc(COC(=O)Oc3ccc([N+](=O)[O-])cc3)cc2)c(OC)c1. The summed E-state index contributed by atoms with van der Waals surface area (Å²) in [7, 11) is 2.74. The van der Waals surface area contributed by atoms with Gasteiger partial charge in [0, 0.05) is 18.2 Å². The molecule has 0 radical (unpaired) electrons. The van der Waals surface area contributed by atoms with Crippen LogP contribution in [0.5, 0.6) is 17.2 Å². The van der Waals surface area contributed by atoms with Gasteiger partial charge in [0.2, 0.25) is 0 Å². The first-order chi connectivity index (χ1) is 17.4. The Morgan fingerprint density at radius 3 is 2.25 bits per heavy atom. The molecule has 0 spiro atoms. The molecule has 12 nitrogen and oxygen atoms in total. The lowest BCUT2D eigenvalue weighted by molar-refractivity contribution is -0.384. The third kappa shape index (κ3) is 7.52. The zero-order chi connectivity index (χ0) is 25.9. The van der Waals surface area contributed by atoms with E-state index in [0.717, 1.165) is 0 Å². The van der Waals surface area contributed by atoms with Crippen molar-refractivity contribution in [3.8, 4) is 17.2 Å². The quantitative estimate of drug-likeness (QED) is 0.120. The predicted octanol–water partition coefficient (Wildman–Crippen LogP) is 5.29. The molecule has 0 atom stereocenters. The molecule has 0 saturated carbocycles. The zero-order valence-electron chi connectivity index (χ0n) is 19.3. The van der Waals surface area contributed by atoms with Crippen molar-refractivity contribution in [2.45, 2.75) is 6.61 Å². The van der Waals surface area contributed by atoms with Gasteiger partial charge in [0.15, 0.2) is 6.61 Å². The number of methoxy groups -OCH3 is 2. The van der Waals surface area contributed by atoms with Crippen LogP contribution in [0.3, 0.4) is 0 Å². The van der Waals surface area contributed by atoms with E-state index in [-0.39, 0.29) is 24.7 Å². The van der Waals surface area contributed by atoms with Crippen LogP contribution in [0, 0.1) is 10.1 Å². The average molecular weight is 495 g/mol. The van der Waals surface area contributed by atoms with Crippen LogP contribution >= 0.6 is 0 Å². The third-order valence-electron chi connectivity index (χ3n) is 4.55. The monoisotopic (exact) mass is 495 g/mol. The molecule has 0 N–H and O–H groups in total. The number of nitro groups is 1. The van der Waals surface area contributed by atoms with Crippen molar-refractivity contribution in [1.29, 1.82) is 0 Å². The van der Waals surface area contributed by atoms with Crippen LogP contribution in [0.4, 0.5) is 21.9 Å². The Hall–Kier alpha value is -5.00. The number of rotatable bonds is 10. The summed E-state index contributed by atoms with van der Waals surface area (Å²) in [5.74, 6) is 0.429. The highest BCUT2D eigenvalue weighted by Gasteiger charge is 2.10. The van der Waals surface area contributed by atoms with Gasteiger partial charge in [-0.15, -0.1) is 5.11 Å². The zero-order valence-corrected chi connectivity index (χ0v) is 19.3. The number of carbonyl (C=O) groups is 2. The molecule has 3 rings (SSSR count). The van der Waals surface area contributed by atoms with E-state index in [9.17, 15) is 19.7 Å². The summed E-state index contributed by atoms with van der Waals surface area (Å²) in [6.07, 6.45) is -0.946. The van der Waals surface area contributed by atoms with Crippen molar-refractivity contribution in [3.05, 3.63) is 82.4 Å². The molecule has 36 heavy (non-hydrogen) atoms. The number of non-ortho nitro benzene ring substituents is 1. The maximum Gasteiger partial charge on any atom is 0.514 e. The smallest absolute Gasteiger partial charge is 0.494 e. The lowest BCUT2D eigenvalue weighted by Gasteiger charge is -2.08. The maximum atomic E-state index is 11.8. The number of benzene rings is 3. The topological polar surface area (TPSA) is 148 Å². The summed E-state index contributed by atoms with van der Waals surface area (Å²) in [6, 6.07) is 16.7. The van der Waals surface area contributed by atoms with E-state index in [1.807, 2.05) is 0 Å². The van der Waals surface area contributed by atoms with E-state index >= 15 is 0 Å².